The van der Waals surface area contributed by atoms with Crippen LogP contribution in [0.5, 0.6) is 0 Å². The summed E-state index contributed by atoms with van der Waals surface area (Å²) in [6.07, 6.45) is 0. The fraction of sp³-hybridized carbons (Fsp3) is 0.0833. The first-order valence-electron chi connectivity index (χ1n) is 10.4. The van der Waals surface area contributed by atoms with E-state index in [4.69, 9.17) is 23.2 Å². The standard InChI is InChI=1S/C24H18Cl2N6S2/c25-20-9-19(27-11-15-1-5-17(6-2-15)22-13-33-31-29-22)10-21(26)24(20)28-12-16-3-7-18(8-4-16)23-14-34-32-30-23/h1-10,13-14,27-28H,11-12H2. The lowest BCUT2D eigenvalue weighted by Crippen LogP contribution is -2.03. The van der Waals surface area contributed by atoms with E-state index in [0.29, 0.717) is 28.8 Å². The molecule has 0 amide bonds. The number of aromatic nitrogens is 4. The van der Waals surface area contributed by atoms with Crippen LogP contribution in [-0.4, -0.2) is 19.2 Å². The van der Waals surface area contributed by atoms with Crippen LogP contribution in [0.4, 0.5) is 11.4 Å². The number of benzene rings is 3. The molecule has 3 aromatic carbocycles. The monoisotopic (exact) mass is 524 g/mol. The smallest absolute Gasteiger partial charge is 0.105 e. The van der Waals surface area contributed by atoms with Gasteiger partial charge in [0, 0.05) is 40.7 Å². The molecule has 0 unspecified atom stereocenters. The predicted octanol–water partition coefficient (Wildman–Crippen LogP) is 7.25. The van der Waals surface area contributed by atoms with Gasteiger partial charge < -0.3 is 10.6 Å². The minimum absolute atomic E-state index is 0.562. The summed E-state index contributed by atoms with van der Waals surface area (Å²) in [6, 6.07) is 20.1. The Hall–Kier alpha value is -3.04. The second-order valence-corrected chi connectivity index (χ2v) is 9.53. The van der Waals surface area contributed by atoms with Crippen LogP contribution in [0.25, 0.3) is 22.5 Å². The minimum atomic E-state index is 0.562. The Morgan fingerprint density at radius 2 is 1.12 bits per heavy atom. The van der Waals surface area contributed by atoms with Gasteiger partial charge in [0.1, 0.15) is 11.4 Å². The van der Waals surface area contributed by atoms with Gasteiger partial charge in [-0.05, 0) is 46.3 Å². The van der Waals surface area contributed by atoms with E-state index in [0.717, 1.165) is 39.3 Å². The second-order valence-electron chi connectivity index (χ2n) is 7.50. The van der Waals surface area contributed by atoms with E-state index in [1.807, 2.05) is 47.2 Å². The van der Waals surface area contributed by atoms with Crippen LogP contribution in [0.15, 0.2) is 71.4 Å². The van der Waals surface area contributed by atoms with Crippen molar-refractivity contribution >= 4 is 57.6 Å². The highest BCUT2D eigenvalue weighted by Crippen LogP contribution is 2.34. The van der Waals surface area contributed by atoms with Crippen molar-refractivity contribution < 1.29 is 0 Å². The molecule has 0 bridgehead atoms. The zero-order chi connectivity index (χ0) is 23.3. The van der Waals surface area contributed by atoms with Gasteiger partial charge in [-0.2, -0.15) is 0 Å². The number of hydrogen-bond acceptors (Lipinski definition) is 8. The first kappa shape index (κ1) is 22.7. The van der Waals surface area contributed by atoms with Crippen molar-refractivity contribution in [2.75, 3.05) is 10.6 Å². The molecular weight excluding hydrogens is 507 g/mol. The van der Waals surface area contributed by atoms with Gasteiger partial charge in [-0.15, -0.1) is 10.2 Å². The Balaban J connectivity index is 1.19. The summed E-state index contributed by atoms with van der Waals surface area (Å²) in [5.74, 6) is 0. The van der Waals surface area contributed by atoms with Crippen molar-refractivity contribution in [2.24, 2.45) is 0 Å². The Labute approximate surface area is 214 Å². The molecule has 0 radical (unpaired) electrons. The molecule has 0 aliphatic carbocycles. The van der Waals surface area contributed by atoms with Gasteiger partial charge in [0.15, 0.2) is 0 Å². The van der Waals surface area contributed by atoms with Gasteiger partial charge in [-0.3, -0.25) is 0 Å². The topological polar surface area (TPSA) is 75.6 Å². The summed E-state index contributed by atoms with van der Waals surface area (Å²) < 4.78 is 7.82. The molecule has 0 atom stereocenters. The van der Waals surface area contributed by atoms with Crippen molar-refractivity contribution in [1.82, 2.24) is 19.2 Å². The molecule has 0 fully saturated rings. The molecule has 0 saturated carbocycles. The van der Waals surface area contributed by atoms with Crippen LogP contribution < -0.4 is 10.6 Å². The first-order chi connectivity index (χ1) is 16.7. The number of rotatable bonds is 8. The summed E-state index contributed by atoms with van der Waals surface area (Å²) in [6.45, 7) is 1.25. The Morgan fingerprint density at radius 1 is 0.647 bits per heavy atom. The van der Waals surface area contributed by atoms with E-state index in [1.54, 1.807) is 0 Å². The third-order valence-electron chi connectivity index (χ3n) is 5.23. The molecule has 5 rings (SSSR count). The molecule has 2 heterocycles. The molecule has 0 saturated heterocycles. The normalized spacial score (nSPS) is 10.9. The first-order valence-corrected chi connectivity index (χ1v) is 12.8. The van der Waals surface area contributed by atoms with Gasteiger partial charge in [0.2, 0.25) is 0 Å². The van der Waals surface area contributed by atoms with Crippen LogP contribution in [0, 0.1) is 0 Å². The van der Waals surface area contributed by atoms with Gasteiger partial charge in [0.05, 0.1) is 15.7 Å². The molecule has 0 aliphatic rings. The van der Waals surface area contributed by atoms with Crippen molar-refractivity contribution in [3.05, 3.63) is 92.6 Å². The molecule has 0 aliphatic heterocycles. The highest BCUT2D eigenvalue weighted by atomic mass is 35.5. The van der Waals surface area contributed by atoms with Gasteiger partial charge in [-0.1, -0.05) is 80.7 Å². The van der Waals surface area contributed by atoms with E-state index in [1.165, 1.54) is 23.1 Å². The average Bonchev–Trinajstić information content (AvgIpc) is 3.58. The number of nitrogens with one attached hydrogen (secondary N) is 2. The summed E-state index contributed by atoms with van der Waals surface area (Å²) in [4.78, 5) is 0. The minimum Gasteiger partial charge on any atom is -0.381 e. The SMILES string of the molecule is Clc1cc(NCc2ccc(-c3csnn3)cc2)cc(Cl)c1NCc1ccc(-c2csnn2)cc1. The lowest BCUT2D eigenvalue weighted by Gasteiger charge is -2.14. The molecule has 2 N–H and O–H groups in total. The van der Waals surface area contributed by atoms with E-state index < -0.39 is 0 Å². The molecular formula is C24H18Cl2N6S2. The zero-order valence-corrected chi connectivity index (χ0v) is 20.8. The summed E-state index contributed by atoms with van der Waals surface area (Å²) in [7, 11) is 0. The number of anilines is 2. The molecule has 10 heteroatoms. The quantitative estimate of drug-likeness (QED) is 0.222. The van der Waals surface area contributed by atoms with Gasteiger partial charge in [-0.25, -0.2) is 0 Å². The van der Waals surface area contributed by atoms with E-state index >= 15 is 0 Å². The van der Waals surface area contributed by atoms with Crippen LogP contribution in [0.3, 0.4) is 0 Å². The predicted molar refractivity (Wildman–Crippen MR) is 142 cm³/mol. The van der Waals surface area contributed by atoms with E-state index in [-0.39, 0.29) is 0 Å². The van der Waals surface area contributed by atoms with Crippen LogP contribution >= 0.6 is 46.3 Å². The Morgan fingerprint density at radius 3 is 1.56 bits per heavy atom. The largest absolute Gasteiger partial charge is 0.381 e. The Bertz CT molecular complexity index is 1330. The lowest BCUT2D eigenvalue weighted by atomic mass is 10.1. The van der Waals surface area contributed by atoms with Crippen LogP contribution in [0.2, 0.25) is 10.0 Å². The number of nitrogens with zero attached hydrogens (tertiary/aromatic N) is 4. The maximum Gasteiger partial charge on any atom is 0.105 e. The second kappa shape index (κ2) is 10.5. The summed E-state index contributed by atoms with van der Waals surface area (Å²) in [5, 5.41) is 19.9. The zero-order valence-electron chi connectivity index (χ0n) is 17.7. The molecule has 2 aromatic heterocycles. The summed E-state index contributed by atoms with van der Waals surface area (Å²) in [5.41, 5.74) is 7.67. The molecule has 170 valence electrons. The fourth-order valence-electron chi connectivity index (χ4n) is 3.41. The maximum atomic E-state index is 6.54. The van der Waals surface area contributed by atoms with E-state index in [9.17, 15) is 0 Å². The van der Waals surface area contributed by atoms with Gasteiger partial charge in [0.25, 0.3) is 0 Å². The molecule has 0 spiro atoms. The molecule has 34 heavy (non-hydrogen) atoms. The third-order valence-corrected chi connectivity index (χ3v) is 6.83. The van der Waals surface area contributed by atoms with Crippen molar-refractivity contribution in [3.63, 3.8) is 0 Å². The van der Waals surface area contributed by atoms with Crippen molar-refractivity contribution in [2.45, 2.75) is 13.1 Å². The van der Waals surface area contributed by atoms with E-state index in [2.05, 4.69) is 54.1 Å². The summed E-state index contributed by atoms with van der Waals surface area (Å²) >= 11 is 15.8. The Kier molecular flexibility index (Phi) is 7.01. The molecule has 6 nitrogen and oxygen atoms in total. The highest BCUT2D eigenvalue weighted by Gasteiger charge is 2.09. The van der Waals surface area contributed by atoms with Crippen LogP contribution in [0.1, 0.15) is 11.1 Å². The molecule has 5 aromatic rings. The highest BCUT2D eigenvalue weighted by molar-refractivity contribution is 7.03. The number of halogens is 2. The lowest BCUT2D eigenvalue weighted by molar-refractivity contribution is 1.13. The van der Waals surface area contributed by atoms with Crippen LogP contribution in [-0.2, 0) is 13.1 Å². The van der Waals surface area contributed by atoms with Crippen molar-refractivity contribution in [3.8, 4) is 22.5 Å². The third kappa shape index (κ3) is 5.37. The maximum absolute atomic E-state index is 6.54. The number of hydrogen-bond donors (Lipinski definition) is 2. The van der Waals surface area contributed by atoms with Gasteiger partial charge >= 0.3 is 0 Å². The average molecular weight is 525 g/mol. The van der Waals surface area contributed by atoms with Crippen molar-refractivity contribution in [1.29, 1.82) is 0 Å². The fourth-order valence-corrected chi connectivity index (χ4v) is 4.96.